The molecular formula is C29H30N2O8. The van der Waals surface area contributed by atoms with Crippen LogP contribution in [0.2, 0.25) is 0 Å². The van der Waals surface area contributed by atoms with Crippen molar-refractivity contribution < 1.29 is 39.5 Å². The lowest BCUT2D eigenvalue weighted by molar-refractivity contribution is -0.148. The first-order chi connectivity index (χ1) is 18.4. The molecule has 0 heterocycles. The van der Waals surface area contributed by atoms with Crippen molar-refractivity contribution in [3.63, 3.8) is 0 Å². The predicted molar refractivity (Wildman–Crippen MR) is 140 cm³/mol. The molecule has 0 unspecified atom stereocenters. The quantitative estimate of drug-likeness (QED) is 0.369. The van der Waals surface area contributed by atoms with Crippen LogP contribution in [0.3, 0.4) is 0 Å². The van der Waals surface area contributed by atoms with Crippen molar-refractivity contribution in [2.75, 3.05) is 21.2 Å². The van der Waals surface area contributed by atoms with Crippen molar-refractivity contribution in [1.82, 2.24) is 4.90 Å². The molecule has 3 aliphatic rings. The molecular weight excluding hydrogens is 504 g/mol. The summed E-state index contributed by atoms with van der Waals surface area (Å²) in [6.45, 7) is 1.83. The molecule has 0 aliphatic heterocycles. The summed E-state index contributed by atoms with van der Waals surface area (Å²) in [5, 5.41) is 45.4. The van der Waals surface area contributed by atoms with Crippen molar-refractivity contribution in [3.05, 3.63) is 70.2 Å². The highest BCUT2D eigenvalue weighted by Crippen LogP contribution is 2.56. The van der Waals surface area contributed by atoms with Gasteiger partial charge in [-0.25, -0.2) is 0 Å². The number of aromatic hydroxyl groups is 1. The number of phenols is 1. The number of phenolic OH excluding ortho intramolecular Hbond substituents is 1. The van der Waals surface area contributed by atoms with Crippen molar-refractivity contribution >= 4 is 17.5 Å². The highest BCUT2D eigenvalue weighted by atomic mass is 16.5. The number of Topliss-reactive ketones (excluding diaryl/α,β-unsaturated/α-hetero) is 2. The van der Waals surface area contributed by atoms with Gasteiger partial charge in [-0.15, -0.1) is 0 Å². The van der Waals surface area contributed by atoms with Crippen molar-refractivity contribution in [3.8, 4) is 22.6 Å². The van der Waals surface area contributed by atoms with Gasteiger partial charge in [0.15, 0.2) is 11.4 Å². The van der Waals surface area contributed by atoms with E-state index in [9.17, 15) is 34.8 Å². The van der Waals surface area contributed by atoms with Gasteiger partial charge in [-0.3, -0.25) is 19.3 Å². The predicted octanol–water partition coefficient (Wildman–Crippen LogP) is 2.36. The number of hydrogen-bond donors (Lipinski definition) is 5. The highest BCUT2D eigenvalue weighted by molar-refractivity contribution is 6.25. The number of aliphatic hydroxyl groups is 3. The van der Waals surface area contributed by atoms with Crippen LogP contribution < -0.4 is 10.5 Å². The molecule has 39 heavy (non-hydrogen) atoms. The van der Waals surface area contributed by atoms with Crippen LogP contribution in [0.5, 0.6) is 11.5 Å². The van der Waals surface area contributed by atoms with Crippen LogP contribution in [0, 0.1) is 11.8 Å². The molecule has 10 nitrogen and oxygen atoms in total. The zero-order valence-electron chi connectivity index (χ0n) is 21.9. The number of allylic oxidation sites excluding steroid dienone is 1. The summed E-state index contributed by atoms with van der Waals surface area (Å²) in [4.78, 5) is 41.0. The summed E-state index contributed by atoms with van der Waals surface area (Å²) in [6, 6.07) is 9.34. The molecule has 0 saturated carbocycles. The van der Waals surface area contributed by atoms with E-state index in [1.807, 2.05) is 6.92 Å². The number of carbonyl (C=O) groups is 3. The Labute approximate surface area is 224 Å². The zero-order valence-corrected chi connectivity index (χ0v) is 21.9. The van der Waals surface area contributed by atoms with E-state index in [4.69, 9.17) is 10.5 Å². The molecule has 3 aliphatic carbocycles. The van der Waals surface area contributed by atoms with E-state index in [0.717, 1.165) is 0 Å². The third kappa shape index (κ3) is 3.51. The van der Waals surface area contributed by atoms with E-state index < -0.39 is 64.0 Å². The number of ether oxygens (including phenoxy) is 1. The number of nitrogens with two attached hydrogens (primary N) is 1. The van der Waals surface area contributed by atoms with E-state index in [-0.39, 0.29) is 23.3 Å². The van der Waals surface area contributed by atoms with Gasteiger partial charge < -0.3 is 30.9 Å². The second-order valence-corrected chi connectivity index (χ2v) is 10.6. The second-order valence-electron chi connectivity index (χ2n) is 10.6. The minimum absolute atomic E-state index is 0.0309. The topological polar surface area (TPSA) is 171 Å². The Kier molecular flexibility index (Phi) is 6.08. The zero-order chi connectivity index (χ0) is 28.5. The molecule has 0 fully saturated rings. The van der Waals surface area contributed by atoms with Crippen LogP contribution in [-0.2, 0) is 9.59 Å². The van der Waals surface area contributed by atoms with E-state index in [1.54, 1.807) is 50.5 Å². The first kappa shape index (κ1) is 26.5. The van der Waals surface area contributed by atoms with Crippen LogP contribution in [0.15, 0.2) is 59.1 Å². The number of carbonyl (C=O) groups excluding carboxylic acids is 3. The van der Waals surface area contributed by atoms with Gasteiger partial charge in [-0.2, -0.15) is 0 Å². The lowest BCUT2D eigenvalue weighted by Crippen LogP contribution is -2.64. The smallest absolute Gasteiger partial charge is 0.255 e. The molecule has 204 valence electrons. The normalized spacial score (nSPS) is 28.3. The molecule has 5 atom stereocenters. The molecule has 5 rings (SSSR count). The van der Waals surface area contributed by atoms with Crippen LogP contribution in [0.25, 0.3) is 11.1 Å². The Morgan fingerprint density at radius 2 is 1.72 bits per heavy atom. The minimum Gasteiger partial charge on any atom is -0.510 e. The number of fused-ring (bicyclic) bond motifs is 3. The van der Waals surface area contributed by atoms with Gasteiger partial charge in [-0.05, 0) is 55.6 Å². The largest absolute Gasteiger partial charge is 0.510 e. The lowest BCUT2D eigenvalue weighted by Gasteiger charge is -2.51. The highest BCUT2D eigenvalue weighted by Gasteiger charge is 2.63. The van der Waals surface area contributed by atoms with E-state index in [2.05, 4.69) is 0 Å². The van der Waals surface area contributed by atoms with Gasteiger partial charge in [0.05, 0.1) is 18.7 Å². The minimum atomic E-state index is -2.67. The lowest BCUT2D eigenvalue weighted by atomic mass is 9.56. The first-order valence-electron chi connectivity index (χ1n) is 12.5. The number of rotatable bonds is 4. The van der Waals surface area contributed by atoms with E-state index in [1.165, 1.54) is 12.0 Å². The average molecular weight is 535 g/mol. The Hall–Kier alpha value is -4.15. The summed E-state index contributed by atoms with van der Waals surface area (Å²) in [5.74, 6) is -6.51. The Morgan fingerprint density at radius 1 is 1.08 bits per heavy atom. The van der Waals surface area contributed by atoms with Gasteiger partial charge in [0.1, 0.15) is 28.6 Å². The number of aliphatic hydroxyl groups excluding tert-OH is 2. The van der Waals surface area contributed by atoms with E-state index >= 15 is 0 Å². The average Bonchev–Trinajstić information content (AvgIpc) is 2.88. The van der Waals surface area contributed by atoms with Gasteiger partial charge in [0, 0.05) is 17.1 Å². The maximum Gasteiger partial charge on any atom is 0.255 e. The Balaban J connectivity index is 1.70. The van der Waals surface area contributed by atoms with Crippen LogP contribution in [0.1, 0.15) is 35.2 Å². The summed E-state index contributed by atoms with van der Waals surface area (Å²) < 4.78 is 5.19. The molecule has 10 heteroatoms. The fourth-order valence-electron chi connectivity index (χ4n) is 6.55. The standard InChI is InChI=1S/C29H30N2O8/c1-12-15-9-10-16(13-5-7-14(39-4)8-6-13)23(32)19(15)24(33)20-17(12)11-18-22(31(2)3)25(34)21(28(30)37)27(36)29(18,38)26(20)35/h5-10,12,17-18,22,32,34-35,38H,11H2,1-4H3,(H2,30,37)/t12-,17+,18-,22-,29-/m0/s1. The number of benzene rings is 2. The molecule has 0 radical (unpaired) electrons. The fourth-order valence-corrected chi connectivity index (χ4v) is 6.55. The van der Waals surface area contributed by atoms with Crippen LogP contribution in [-0.4, -0.2) is 75.6 Å². The molecule has 0 spiro atoms. The molecule has 0 saturated heterocycles. The molecule has 6 N–H and O–H groups in total. The SMILES string of the molecule is COc1ccc(-c2ccc3c(c2O)C(=O)C2=C(O)[C@]4(O)C(=O)C(C(N)=O)=C(O)[C@@H](N(C)C)[C@@H]4C[C@@H]2[C@H]3C)cc1. The van der Waals surface area contributed by atoms with E-state index in [0.29, 0.717) is 22.4 Å². The Bertz CT molecular complexity index is 1490. The second kappa shape index (κ2) is 8.96. The summed E-state index contributed by atoms with van der Waals surface area (Å²) in [7, 11) is 4.72. The summed E-state index contributed by atoms with van der Waals surface area (Å²) >= 11 is 0. The fraction of sp³-hybridized carbons (Fsp3) is 0.345. The number of amides is 1. The van der Waals surface area contributed by atoms with Crippen LogP contribution >= 0.6 is 0 Å². The van der Waals surface area contributed by atoms with Gasteiger partial charge in [-0.1, -0.05) is 31.2 Å². The van der Waals surface area contributed by atoms with Gasteiger partial charge in [0.25, 0.3) is 5.91 Å². The van der Waals surface area contributed by atoms with Crippen molar-refractivity contribution in [2.24, 2.45) is 17.6 Å². The molecule has 1 amide bonds. The number of nitrogens with zero attached hydrogens (tertiary/aromatic N) is 1. The maximum atomic E-state index is 13.9. The molecule has 2 aromatic carbocycles. The third-order valence-corrected chi connectivity index (χ3v) is 8.50. The third-order valence-electron chi connectivity index (χ3n) is 8.50. The monoisotopic (exact) mass is 534 g/mol. The maximum absolute atomic E-state index is 13.9. The van der Waals surface area contributed by atoms with Crippen molar-refractivity contribution in [2.45, 2.75) is 30.9 Å². The molecule has 2 aromatic rings. The number of primary amides is 1. The van der Waals surface area contributed by atoms with Crippen molar-refractivity contribution in [1.29, 1.82) is 0 Å². The number of methoxy groups -OCH3 is 1. The van der Waals surface area contributed by atoms with Crippen LogP contribution in [0.4, 0.5) is 0 Å². The van der Waals surface area contributed by atoms with Gasteiger partial charge in [0.2, 0.25) is 5.78 Å². The Morgan fingerprint density at radius 3 is 2.28 bits per heavy atom. The number of likely N-dealkylation sites (N-methyl/N-ethyl adjacent to an activating group) is 1. The first-order valence-corrected chi connectivity index (χ1v) is 12.5. The van der Waals surface area contributed by atoms with Gasteiger partial charge >= 0.3 is 0 Å². The molecule has 0 aromatic heterocycles. The molecule has 0 bridgehead atoms. The number of ketones is 2. The summed E-state index contributed by atoms with van der Waals surface area (Å²) in [6.07, 6.45) is 0.0356. The number of hydrogen-bond acceptors (Lipinski definition) is 9. The summed E-state index contributed by atoms with van der Waals surface area (Å²) in [5.41, 5.74) is 3.22.